The molecule has 0 saturated heterocycles. The molecule has 1 heterocycles. The molecule has 3 aromatic rings. The Morgan fingerprint density at radius 2 is 1.72 bits per heavy atom. The molecule has 9 heteroatoms. The fraction of sp³-hybridized carbons (Fsp3) is 0.150. The minimum Gasteiger partial charge on any atom is -0.351 e. The number of sulfonamides is 1. The third kappa shape index (κ3) is 6.13. The van der Waals surface area contributed by atoms with Gasteiger partial charge < -0.3 is 5.32 Å². The number of nitrogens with one attached hydrogen (secondary N) is 2. The van der Waals surface area contributed by atoms with Crippen molar-refractivity contribution in [3.05, 3.63) is 86.7 Å². The highest BCUT2D eigenvalue weighted by Crippen LogP contribution is 2.26. The second-order valence-corrected chi connectivity index (χ2v) is 11.0. The zero-order valence-corrected chi connectivity index (χ0v) is 19.1. The van der Waals surface area contributed by atoms with E-state index in [4.69, 9.17) is 11.6 Å². The summed E-state index contributed by atoms with van der Waals surface area (Å²) in [4.78, 5) is 12.9. The van der Waals surface area contributed by atoms with Crippen LogP contribution in [-0.4, -0.2) is 20.4 Å². The first kappa shape index (κ1) is 22.0. The van der Waals surface area contributed by atoms with E-state index >= 15 is 0 Å². The van der Waals surface area contributed by atoms with Crippen LogP contribution >= 0.6 is 38.9 Å². The monoisotopic (exact) mass is 512 g/mol. The number of hydrogen-bond donors (Lipinski definition) is 2. The summed E-state index contributed by atoms with van der Waals surface area (Å²) in [5.74, 6) is -0.423. The van der Waals surface area contributed by atoms with Gasteiger partial charge in [0.25, 0.3) is 10.0 Å². The second kappa shape index (κ2) is 9.86. The summed E-state index contributed by atoms with van der Waals surface area (Å²) < 4.78 is 28.9. The van der Waals surface area contributed by atoms with Gasteiger partial charge in [-0.15, -0.1) is 11.3 Å². The average Bonchev–Trinajstić information content (AvgIpc) is 3.15. The largest absolute Gasteiger partial charge is 0.351 e. The minimum absolute atomic E-state index is 0.140. The first-order valence-electron chi connectivity index (χ1n) is 8.68. The molecule has 1 aromatic heterocycles. The maximum absolute atomic E-state index is 12.9. The van der Waals surface area contributed by atoms with Crippen molar-refractivity contribution in [2.75, 3.05) is 0 Å². The van der Waals surface area contributed by atoms with Gasteiger partial charge in [0.1, 0.15) is 10.3 Å². The Balaban J connectivity index is 1.78. The van der Waals surface area contributed by atoms with Gasteiger partial charge in [-0.3, -0.25) is 4.79 Å². The van der Waals surface area contributed by atoms with Crippen LogP contribution in [0.2, 0.25) is 5.02 Å². The lowest BCUT2D eigenvalue weighted by atomic mass is 10.1. The summed E-state index contributed by atoms with van der Waals surface area (Å²) >= 11 is 10.5. The smallest absolute Gasteiger partial charge is 0.250 e. The summed E-state index contributed by atoms with van der Waals surface area (Å²) in [7, 11) is -3.84. The number of carbonyl (C=O) groups is 1. The average molecular weight is 514 g/mol. The fourth-order valence-electron chi connectivity index (χ4n) is 2.67. The van der Waals surface area contributed by atoms with Crippen molar-refractivity contribution in [1.82, 2.24) is 10.0 Å². The van der Waals surface area contributed by atoms with Crippen LogP contribution in [0.1, 0.15) is 11.1 Å². The van der Waals surface area contributed by atoms with E-state index in [2.05, 4.69) is 26.0 Å². The van der Waals surface area contributed by atoms with Crippen molar-refractivity contribution in [2.24, 2.45) is 0 Å². The zero-order chi connectivity index (χ0) is 20.9. The predicted octanol–water partition coefficient (Wildman–Crippen LogP) is 4.37. The molecular weight excluding hydrogens is 496 g/mol. The molecule has 0 fully saturated rings. The third-order valence-electron chi connectivity index (χ3n) is 4.12. The Hall–Kier alpha value is -1.71. The standard InChI is InChI=1S/C20H18BrClN2O3S2/c21-18-10-11-19(28-18)29(26,27)24-17(12-14-6-2-1-3-7-14)20(25)23-13-15-8-4-5-9-16(15)22/h1-11,17,24H,12-13H2,(H,23,25)/t17-/m1/s1. The molecular formula is C20H18BrClN2O3S2. The van der Waals surface area contributed by atoms with Crippen molar-refractivity contribution < 1.29 is 13.2 Å². The van der Waals surface area contributed by atoms with E-state index in [1.165, 1.54) is 6.07 Å². The number of thiophene rings is 1. The van der Waals surface area contributed by atoms with Crippen LogP contribution in [0.4, 0.5) is 0 Å². The predicted molar refractivity (Wildman–Crippen MR) is 120 cm³/mol. The molecule has 2 aromatic carbocycles. The van der Waals surface area contributed by atoms with Crippen LogP contribution < -0.4 is 10.0 Å². The van der Waals surface area contributed by atoms with Gasteiger partial charge in [0.05, 0.1) is 3.79 Å². The number of benzene rings is 2. The Morgan fingerprint density at radius 3 is 2.38 bits per heavy atom. The normalized spacial score (nSPS) is 12.5. The van der Waals surface area contributed by atoms with E-state index in [1.807, 2.05) is 42.5 Å². The van der Waals surface area contributed by atoms with E-state index in [0.717, 1.165) is 22.5 Å². The molecule has 3 rings (SSSR count). The SMILES string of the molecule is O=C(NCc1ccccc1Cl)[C@@H](Cc1ccccc1)NS(=O)(=O)c1ccc(Br)s1. The van der Waals surface area contributed by atoms with Crippen molar-refractivity contribution in [2.45, 2.75) is 23.2 Å². The van der Waals surface area contributed by atoms with E-state index < -0.39 is 22.0 Å². The Kier molecular flexibility index (Phi) is 7.48. The maximum atomic E-state index is 12.9. The quantitative estimate of drug-likeness (QED) is 0.470. The van der Waals surface area contributed by atoms with Crippen LogP contribution in [-0.2, 0) is 27.8 Å². The molecule has 5 nitrogen and oxygen atoms in total. The van der Waals surface area contributed by atoms with Gasteiger partial charge in [0.15, 0.2) is 0 Å². The maximum Gasteiger partial charge on any atom is 0.250 e. The molecule has 0 spiro atoms. The number of halogens is 2. The number of rotatable bonds is 8. The van der Waals surface area contributed by atoms with Gasteiger partial charge in [-0.2, -0.15) is 4.72 Å². The highest BCUT2D eigenvalue weighted by molar-refractivity contribution is 9.11. The first-order chi connectivity index (χ1) is 13.8. The van der Waals surface area contributed by atoms with Crippen molar-refractivity contribution in [3.63, 3.8) is 0 Å². The zero-order valence-electron chi connectivity index (χ0n) is 15.1. The second-order valence-electron chi connectivity index (χ2n) is 6.23. The minimum atomic E-state index is -3.84. The van der Waals surface area contributed by atoms with Gasteiger partial charge in [0, 0.05) is 11.6 Å². The molecule has 0 aliphatic rings. The number of amides is 1. The lowest BCUT2D eigenvalue weighted by Gasteiger charge is -2.18. The Labute approximate surface area is 187 Å². The van der Waals surface area contributed by atoms with Crippen LogP contribution in [0, 0.1) is 0 Å². The summed E-state index contributed by atoms with van der Waals surface area (Å²) in [5, 5.41) is 3.32. The molecule has 1 atom stereocenters. The van der Waals surface area contributed by atoms with Gasteiger partial charge in [-0.05, 0) is 51.7 Å². The summed E-state index contributed by atoms with van der Waals surface area (Å²) in [6.45, 7) is 0.204. The molecule has 1 amide bonds. The molecule has 0 bridgehead atoms. The lowest BCUT2D eigenvalue weighted by molar-refractivity contribution is -0.122. The van der Waals surface area contributed by atoms with Crippen molar-refractivity contribution in [1.29, 1.82) is 0 Å². The number of carbonyl (C=O) groups excluding carboxylic acids is 1. The lowest BCUT2D eigenvalue weighted by Crippen LogP contribution is -2.47. The summed E-state index contributed by atoms with van der Waals surface area (Å²) in [6, 6.07) is 18.6. The Morgan fingerprint density at radius 1 is 1.03 bits per heavy atom. The molecule has 0 unspecified atom stereocenters. The summed E-state index contributed by atoms with van der Waals surface area (Å²) in [6.07, 6.45) is 0.223. The topological polar surface area (TPSA) is 75.3 Å². The van der Waals surface area contributed by atoms with Crippen molar-refractivity contribution in [3.8, 4) is 0 Å². The van der Waals surface area contributed by atoms with E-state index in [1.54, 1.807) is 18.2 Å². The van der Waals surface area contributed by atoms with Crippen molar-refractivity contribution >= 4 is 54.8 Å². The van der Waals surface area contributed by atoms with Crippen LogP contribution in [0.3, 0.4) is 0 Å². The molecule has 0 saturated carbocycles. The molecule has 29 heavy (non-hydrogen) atoms. The van der Waals surface area contributed by atoms with Gasteiger partial charge in [0.2, 0.25) is 5.91 Å². The van der Waals surface area contributed by atoms with Gasteiger partial charge in [-0.1, -0.05) is 60.1 Å². The molecule has 152 valence electrons. The van der Waals surface area contributed by atoms with Gasteiger partial charge >= 0.3 is 0 Å². The van der Waals surface area contributed by atoms with Crippen LogP contribution in [0.15, 0.2) is 74.7 Å². The fourth-order valence-corrected chi connectivity index (χ4v) is 6.10. The molecule has 2 N–H and O–H groups in total. The molecule has 0 aliphatic carbocycles. The van der Waals surface area contributed by atoms with E-state index in [-0.39, 0.29) is 17.2 Å². The summed E-state index contributed by atoms with van der Waals surface area (Å²) in [5.41, 5.74) is 1.60. The Bertz CT molecular complexity index is 1090. The van der Waals surface area contributed by atoms with Crippen LogP contribution in [0.5, 0.6) is 0 Å². The van der Waals surface area contributed by atoms with Gasteiger partial charge in [-0.25, -0.2) is 8.42 Å². The number of hydrogen-bond acceptors (Lipinski definition) is 4. The van der Waals surface area contributed by atoms with E-state index in [0.29, 0.717) is 8.81 Å². The first-order valence-corrected chi connectivity index (χ1v) is 12.1. The van der Waals surface area contributed by atoms with E-state index in [9.17, 15) is 13.2 Å². The van der Waals surface area contributed by atoms with Crippen LogP contribution in [0.25, 0.3) is 0 Å². The highest BCUT2D eigenvalue weighted by atomic mass is 79.9. The molecule has 0 aliphatic heterocycles. The molecule has 0 radical (unpaired) electrons. The third-order valence-corrected chi connectivity index (χ3v) is 8.08. The highest BCUT2D eigenvalue weighted by Gasteiger charge is 2.27.